The topological polar surface area (TPSA) is 35.5 Å². The molecule has 1 heterocycles. The predicted octanol–water partition coefficient (Wildman–Crippen LogP) is 3.56. The van der Waals surface area contributed by atoms with Gasteiger partial charge in [-0.2, -0.15) is 0 Å². The number of alkyl halides is 2. The lowest BCUT2D eigenvalue weighted by atomic mass is 10.3. The molecular formula is C11H22Cl2O3. The molecule has 0 aromatic heterocycles. The van der Waals surface area contributed by atoms with Crippen molar-refractivity contribution in [2.24, 2.45) is 0 Å². The molecule has 1 aliphatic rings. The van der Waals surface area contributed by atoms with Crippen LogP contribution in [0.15, 0.2) is 0 Å². The van der Waals surface area contributed by atoms with Crippen molar-refractivity contribution in [3.8, 4) is 0 Å². The Morgan fingerprint density at radius 3 is 2.12 bits per heavy atom. The highest BCUT2D eigenvalue weighted by molar-refractivity contribution is 6.43. The van der Waals surface area contributed by atoms with Gasteiger partial charge in [0.2, 0.25) is 0 Å². The van der Waals surface area contributed by atoms with E-state index in [1.165, 1.54) is 19.8 Å². The minimum atomic E-state index is -0.222. The van der Waals surface area contributed by atoms with E-state index in [-0.39, 0.29) is 10.8 Å². The highest BCUT2D eigenvalue weighted by Crippen LogP contribution is 2.09. The molecule has 0 spiro atoms. The zero-order chi connectivity index (χ0) is 13.0. The van der Waals surface area contributed by atoms with Gasteiger partial charge < -0.3 is 9.47 Å². The average molecular weight is 273 g/mol. The first kappa shape index (κ1) is 18.4. The van der Waals surface area contributed by atoms with E-state index in [9.17, 15) is 4.79 Å². The molecule has 1 aliphatic heterocycles. The zero-order valence-corrected chi connectivity index (χ0v) is 12.0. The Kier molecular flexibility index (Phi) is 15.0. The van der Waals surface area contributed by atoms with Crippen LogP contribution in [0.5, 0.6) is 0 Å². The van der Waals surface area contributed by atoms with Crippen LogP contribution in [-0.4, -0.2) is 30.1 Å². The number of esters is 1. The molecule has 1 atom stereocenters. The van der Waals surface area contributed by atoms with Gasteiger partial charge in [0.05, 0.1) is 12.7 Å². The molecular weight excluding hydrogens is 251 g/mol. The van der Waals surface area contributed by atoms with Crippen molar-refractivity contribution < 1.29 is 14.3 Å². The second kappa shape index (κ2) is 13.1. The molecule has 0 aliphatic carbocycles. The second-order valence-corrected chi connectivity index (χ2v) is 4.80. The molecule has 0 saturated carbocycles. The maximum atomic E-state index is 9.82. The lowest BCUT2D eigenvalue weighted by molar-refractivity contribution is -0.140. The molecule has 5 heteroatoms. The quantitative estimate of drug-likeness (QED) is 0.541. The van der Waals surface area contributed by atoms with Crippen molar-refractivity contribution in [2.75, 3.05) is 13.2 Å². The Morgan fingerprint density at radius 2 is 2.06 bits per heavy atom. The zero-order valence-electron chi connectivity index (χ0n) is 10.5. The molecule has 98 valence electrons. The number of hydrogen-bond donors (Lipinski definition) is 0. The number of carbonyl (C=O) groups excluding carboxylic acids is 1. The van der Waals surface area contributed by atoms with Gasteiger partial charge >= 0.3 is 5.97 Å². The van der Waals surface area contributed by atoms with Crippen molar-refractivity contribution in [1.82, 2.24) is 0 Å². The molecule has 1 rings (SSSR count). The third kappa shape index (κ3) is 23.7. The number of ether oxygens (including phenoxy) is 2. The summed E-state index contributed by atoms with van der Waals surface area (Å²) in [4.78, 5) is 9.60. The third-order valence-electron chi connectivity index (χ3n) is 1.50. The summed E-state index contributed by atoms with van der Waals surface area (Å²) in [6.07, 6.45) is 3.08. The van der Waals surface area contributed by atoms with E-state index in [2.05, 4.69) is 11.7 Å². The second-order valence-electron chi connectivity index (χ2n) is 3.27. The molecule has 0 radical (unpaired) electrons. The van der Waals surface area contributed by atoms with Gasteiger partial charge in [-0.15, -0.1) is 23.2 Å². The summed E-state index contributed by atoms with van der Waals surface area (Å²) in [5, 5.41) is 0. The van der Waals surface area contributed by atoms with E-state index < -0.39 is 0 Å². The predicted molar refractivity (Wildman–Crippen MR) is 68.1 cm³/mol. The van der Waals surface area contributed by atoms with E-state index in [4.69, 9.17) is 27.9 Å². The van der Waals surface area contributed by atoms with Gasteiger partial charge in [0, 0.05) is 13.5 Å². The van der Waals surface area contributed by atoms with E-state index in [0.29, 0.717) is 12.7 Å². The van der Waals surface area contributed by atoms with Crippen LogP contribution in [-0.2, 0) is 14.3 Å². The SMILES string of the molecule is CC(Cl)Cl.CC1CCCO1.CCOC(C)=O. The first-order valence-corrected chi connectivity index (χ1v) is 6.30. The average Bonchev–Trinajstić information content (AvgIpc) is 2.55. The van der Waals surface area contributed by atoms with Crippen LogP contribution >= 0.6 is 23.2 Å². The highest BCUT2D eigenvalue weighted by Gasteiger charge is 2.07. The van der Waals surface area contributed by atoms with Crippen molar-refractivity contribution in [3.63, 3.8) is 0 Å². The fourth-order valence-electron chi connectivity index (χ4n) is 0.942. The van der Waals surface area contributed by atoms with Crippen molar-refractivity contribution in [3.05, 3.63) is 0 Å². The lowest BCUT2D eigenvalue weighted by Crippen LogP contribution is -1.95. The Balaban J connectivity index is 0. The summed E-state index contributed by atoms with van der Waals surface area (Å²) in [7, 11) is 0. The standard InChI is InChI=1S/C5H10O.C4H8O2.C2H4Cl2/c1-5-3-2-4-6-5;1-3-6-4(2)5;1-2(3)4/h5H,2-4H2,1H3;3H2,1-2H3;2H,1H3. The molecule has 1 unspecified atom stereocenters. The Labute approximate surface area is 108 Å². The van der Waals surface area contributed by atoms with E-state index in [1.807, 2.05) is 0 Å². The van der Waals surface area contributed by atoms with Crippen LogP contribution in [0.3, 0.4) is 0 Å². The van der Waals surface area contributed by atoms with Crippen LogP contribution in [0.4, 0.5) is 0 Å². The first-order chi connectivity index (χ1) is 7.40. The maximum absolute atomic E-state index is 9.82. The molecule has 0 bridgehead atoms. The fourth-order valence-corrected chi connectivity index (χ4v) is 0.942. The molecule has 16 heavy (non-hydrogen) atoms. The van der Waals surface area contributed by atoms with Gasteiger partial charge in [0.25, 0.3) is 0 Å². The number of halogens is 2. The van der Waals surface area contributed by atoms with Crippen LogP contribution in [0.1, 0.15) is 40.5 Å². The Morgan fingerprint density at radius 1 is 1.56 bits per heavy atom. The van der Waals surface area contributed by atoms with Gasteiger partial charge in [0.1, 0.15) is 4.84 Å². The Hall–Kier alpha value is 0.01000. The van der Waals surface area contributed by atoms with Crippen molar-refractivity contribution in [2.45, 2.75) is 51.5 Å². The number of hydrogen-bond acceptors (Lipinski definition) is 3. The van der Waals surface area contributed by atoms with Gasteiger partial charge in [-0.25, -0.2) is 0 Å². The van der Waals surface area contributed by atoms with E-state index >= 15 is 0 Å². The third-order valence-corrected chi connectivity index (χ3v) is 1.50. The van der Waals surface area contributed by atoms with Crippen LogP contribution < -0.4 is 0 Å². The summed E-state index contributed by atoms with van der Waals surface area (Å²) in [6, 6.07) is 0. The molecule has 0 N–H and O–H groups in total. The fraction of sp³-hybridized carbons (Fsp3) is 0.909. The van der Waals surface area contributed by atoms with Gasteiger partial charge in [-0.1, -0.05) is 0 Å². The number of rotatable bonds is 1. The molecule has 0 aromatic carbocycles. The van der Waals surface area contributed by atoms with Gasteiger partial charge in [0.15, 0.2) is 0 Å². The first-order valence-electron chi connectivity index (χ1n) is 5.43. The monoisotopic (exact) mass is 272 g/mol. The number of carbonyl (C=O) groups is 1. The smallest absolute Gasteiger partial charge is 0.302 e. The summed E-state index contributed by atoms with van der Waals surface area (Å²) in [5.74, 6) is -0.211. The van der Waals surface area contributed by atoms with E-state index in [0.717, 1.165) is 6.61 Å². The Bertz CT molecular complexity index is 155. The summed E-state index contributed by atoms with van der Waals surface area (Å²) < 4.78 is 9.56. The highest BCUT2D eigenvalue weighted by atomic mass is 35.5. The minimum Gasteiger partial charge on any atom is -0.466 e. The van der Waals surface area contributed by atoms with Crippen molar-refractivity contribution >= 4 is 29.2 Å². The molecule has 1 fully saturated rings. The summed E-state index contributed by atoms with van der Waals surface area (Å²) >= 11 is 10.1. The van der Waals surface area contributed by atoms with Crippen LogP contribution in [0, 0.1) is 0 Å². The molecule has 1 saturated heterocycles. The summed E-state index contributed by atoms with van der Waals surface area (Å²) in [6.45, 7) is 8.46. The minimum absolute atomic E-state index is 0.211. The van der Waals surface area contributed by atoms with Crippen LogP contribution in [0.25, 0.3) is 0 Å². The normalized spacial score (nSPS) is 18.1. The molecule has 0 aromatic rings. The van der Waals surface area contributed by atoms with E-state index in [1.54, 1.807) is 13.8 Å². The lowest BCUT2D eigenvalue weighted by Gasteiger charge is -1.94. The molecule has 0 amide bonds. The molecule has 3 nitrogen and oxygen atoms in total. The van der Waals surface area contributed by atoms with Gasteiger partial charge in [-0.05, 0) is 33.6 Å². The van der Waals surface area contributed by atoms with Crippen molar-refractivity contribution in [1.29, 1.82) is 0 Å². The largest absolute Gasteiger partial charge is 0.466 e. The van der Waals surface area contributed by atoms with Crippen LogP contribution in [0.2, 0.25) is 0 Å². The maximum Gasteiger partial charge on any atom is 0.302 e. The summed E-state index contributed by atoms with van der Waals surface area (Å²) in [5.41, 5.74) is 0. The van der Waals surface area contributed by atoms with Gasteiger partial charge in [-0.3, -0.25) is 4.79 Å².